The van der Waals surface area contributed by atoms with Crippen LogP contribution in [0.15, 0.2) is 51.4 Å². The third-order valence-corrected chi connectivity index (χ3v) is 5.13. The molecule has 3 rings (SSSR count). The maximum Gasteiger partial charge on any atom is 0.206 e. The van der Waals surface area contributed by atoms with Crippen LogP contribution in [0.5, 0.6) is 5.75 Å². The van der Waals surface area contributed by atoms with Crippen LogP contribution in [0.4, 0.5) is 5.13 Å². The lowest BCUT2D eigenvalue weighted by atomic mass is 10.1. The molecule has 0 unspecified atom stereocenters. The Hall–Kier alpha value is -2.03. The molecule has 0 saturated carbocycles. The summed E-state index contributed by atoms with van der Waals surface area (Å²) in [5.41, 5.74) is 0.760. The van der Waals surface area contributed by atoms with Gasteiger partial charge < -0.3 is 19.9 Å². The topological polar surface area (TPSA) is 91.4 Å². The first-order chi connectivity index (χ1) is 11.2. The minimum absolute atomic E-state index is 0.185. The summed E-state index contributed by atoms with van der Waals surface area (Å²) in [6, 6.07) is 10.3. The molecule has 8 heteroatoms. The number of nitrogens with one attached hydrogen (secondary N) is 1. The molecule has 0 spiro atoms. The lowest BCUT2D eigenvalue weighted by molar-refractivity contribution is 0.204. The van der Waals surface area contributed by atoms with E-state index in [2.05, 4.69) is 15.5 Å². The summed E-state index contributed by atoms with van der Waals surface area (Å²) in [4.78, 5) is 0. The molecule has 1 aromatic carbocycles. The number of aliphatic hydroxyl groups excluding tert-OH is 1. The molecule has 0 aliphatic rings. The standard InChI is InChI=1S/C15H15N3O3S2/c19-11-5-3-10(4-6-11)13(20)9-22-15-18-17-14(23-15)16-8-12-2-1-7-21-12/h1-7,13,19-20H,8-9H2,(H,16,17)/t13-/m0/s1. The van der Waals surface area contributed by atoms with Crippen molar-refractivity contribution in [1.82, 2.24) is 10.2 Å². The molecule has 0 radical (unpaired) electrons. The number of furan rings is 1. The molecule has 0 saturated heterocycles. The minimum atomic E-state index is -0.621. The van der Waals surface area contributed by atoms with Crippen LogP contribution in [-0.4, -0.2) is 26.2 Å². The molecule has 2 aromatic heterocycles. The molecule has 3 N–H and O–H groups in total. The van der Waals surface area contributed by atoms with Gasteiger partial charge in [0, 0.05) is 5.75 Å². The summed E-state index contributed by atoms with van der Waals surface area (Å²) < 4.78 is 6.02. The van der Waals surface area contributed by atoms with Gasteiger partial charge in [0.05, 0.1) is 18.9 Å². The largest absolute Gasteiger partial charge is 0.508 e. The van der Waals surface area contributed by atoms with Crippen LogP contribution >= 0.6 is 23.1 Å². The van der Waals surface area contributed by atoms with Crippen LogP contribution in [0.2, 0.25) is 0 Å². The van der Waals surface area contributed by atoms with Gasteiger partial charge in [-0.2, -0.15) is 0 Å². The summed E-state index contributed by atoms with van der Waals surface area (Å²) in [5, 5.41) is 31.4. The maximum absolute atomic E-state index is 10.1. The van der Waals surface area contributed by atoms with Crippen LogP contribution in [-0.2, 0) is 6.54 Å². The molecule has 0 aliphatic heterocycles. The molecule has 6 nitrogen and oxygen atoms in total. The molecule has 0 bridgehead atoms. The molecule has 0 amide bonds. The van der Waals surface area contributed by atoms with E-state index < -0.39 is 6.10 Å². The number of aromatic nitrogens is 2. The fourth-order valence-corrected chi connectivity index (χ4v) is 3.60. The molecule has 2 heterocycles. The van der Waals surface area contributed by atoms with E-state index in [-0.39, 0.29) is 5.75 Å². The number of rotatable bonds is 7. The van der Waals surface area contributed by atoms with Crippen molar-refractivity contribution in [1.29, 1.82) is 0 Å². The van der Waals surface area contributed by atoms with Crippen LogP contribution in [0, 0.1) is 0 Å². The summed E-state index contributed by atoms with van der Waals surface area (Å²) in [6.07, 6.45) is 1.01. The second-order valence-corrected chi connectivity index (χ2v) is 6.97. The Morgan fingerprint density at radius 1 is 1.22 bits per heavy atom. The van der Waals surface area contributed by atoms with Gasteiger partial charge in [0.15, 0.2) is 4.34 Å². The fourth-order valence-electron chi connectivity index (χ4n) is 1.86. The zero-order valence-corrected chi connectivity index (χ0v) is 13.7. The molecular weight excluding hydrogens is 334 g/mol. The van der Waals surface area contributed by atoms with Crippen molar-refractivity contribution in [3.05, 3.63) is 54.0 Å². The van der Waals surface area contributed by atoms with Crippen molar-refractivity contribution >= 4 is 28.2 Å². The molecule has 0 fully saturated rings. The number of thioether (sulfide) groups is 1. The first-order valence-electron chi connectivity index (χ1n) is 6.90. The van der Waals surface area contributed by atoms with Crippen molar-refractivity contribution in [3.63, 3.8) is 0 Å². The Morgan fingerprint density at radius 3 is 2.78 bits per heavy atom. The highest BCUT2D eigenvalue weighted by Gasteiger charge is 2.11. The number of benzene rings is 1. The average molecular weight is 349 g/mol. The quantitative estimate of drug-likeness (QED) is 0.564. The van der Waals surface area contributed by atoms with E-state index in [0.29, 0.717) is 17.4 Å². The van der Waals surface area contributed by atoms with E-state index in [0.717, 1.165) is 15.7 Å². The lowest BCUT2D eigenvalue weighted by Gasteiger charge is -2.09. The SMILES string of the molecule is Oc1ccc([C@@H](O)CSc2nnc(NCc3ccco3)s2)cc1. The van der Waals surface area contributed by atoms with Gasteiger partial charge in [-0.3, -0.25) is 0 Å². The van der Waals surface area contributed by atoms with Crippen molar-refractivity contribution < 1.29 is 14.6 Å². The number of anilines is 1. The molecule has 3 aromatic rings. The van der Waals surface area contributed by atoms with Crippen LogP contribution in [0.25, 0.3) is 0 Å². The van der Waals surface area contributed by atoms with E-state index in [1.165, 1.54) is 23.1 Å². The zero-order valence-electron chi connectivity index (χ0n) is 12.0. The van der Waals surface area contributed by atoms with E-state index in [1.54, 1.807) is 30.5 Å². The van der Waals surface area contributed by atoms with Gasteiger partial charge in [0.1, 0.15) is 11.5 Å². The van der Waals surface area contributed by atoms with Crippen molar-refractivity contribution in [2.24, 2.45) is 0 Å². The predicted octanol–water partition coefficient (Wildman–Crippen LogP) is 3.27. The highest BCUT2D eigenvalue weighted by Crippen LogP contribution is 2.29. The Bertz CT molecular complexity index is 729. The van der Waals surface area contributed by atoms with Crippen LogP contribution < -0.4 is 5.32 Å². The molecule has 0 aliphatic carbocycles. The second-order valence-electron chi connectivity index (χ2n) is 4.72. The lowest BCUT2D eigenvalue weighted by Crippen LogP contribution is -1.99. The highest BCUT2D eigenvalue weighted by molar-refractivity contribution is 8.01. The van der Waals surface area contributed by atoms with Gasteiger partial charge in [-0.15, -0.1) is 10.2 Å². The molecule has 23 heavy (non-hydrogen) atoms. The van der Waals surface area contributed by atoms with E-state index in [9.17, 15) is 10.2 Å². The Balaban J connectivity index is 1.49. The molecule has 1 atom stereocenters. The Morgan fingerprint density at radius 2 is 2.04 bits per heavy atom. The third-order valence-electron chi connectivity index (χ3n) is 3.04. The maximum atomic E-state index is 10.1. The number of aliphatic hydroxyl groups is 1. The number of aromatic hydroxyl groups is 1. The molecular formula is C15H15N3O3S2. The van der Waals surface area contributed by atoms with E-state index in [1.807, 2.05) is 12.1 Å². The van der Waals surface area contributed by atoms with Gasteiger partial charge >= 0.3 is 0 Å². The first-order valence-corrected chi connectivity index (χ1v) is 8.70. The highest BCUT2D eigenvalue weighted by atomic mass is 32.2. The smallest absolute Gasteiger partial charge is 0.206 e. The number of phenols is 1. The second kappa shape index (κ2) is 7.49. The van der Waals surface area contributed by atoms with Gasteiger partial charge in [0.2, 0.25) is 5.13 Å². The van der Waals surface area contributed by atoms with Gasteiger partial charge in [0.25, 0.3) is 0 Å². The summed E-state index contributed by atoms with van der Waals surface area (Å²) in [6.45, 7) is 0.558. The van der Waals surface area contributed by atoms with Gasteiger partial charge in [-0.25, -0.2) is 0 Å². The van der Waals surface area contributed by atoms with Gasteiger partial charge in [-0.1, -0.05) is 35.2 Å². The Labute approximate surface area is 141 Å². The number of hydrogen-bond donors (Lipinski definition) is 3. The van der Waals surface area contributed by atoms with E-state index in [4.69, 9.17) is 4.42 Å². The van der Waals surface area contributed by atoms with Crippen molar-refractivity contribution in [2.45, 2.75) is 17.0 Å². The van der Waals surface area contributed by atoms with E-state index >= 15 is 0 Å². The average Bonchev–Trinajstić information content (AvgIpc) is 3.23. The summed E-state index contributed by atoms with van der Waals surface area (Å²) in [7, 11) is 0. The number of nitrogens with zero attached hydrogens (tertiary/aromatic N) is 2. The van der Waals surface area contributed by atoms with Gasteiger partial charge in [-0.05, 0) is 29.8 Å². The first kappa shape index (κ1) is 15.9. The summed E-state index contributed by atoms with van der Waals surface area (Å²) >= 11 is 2.87. The molecule has 120 valence electrons. The summed E-state index contributed by atoms with van der Waals surface area (Å²) in [5.74, 6) is 1.49. The number of hydrogen-bond acceptors (Lipinski definition) is 8. The Kier molecular flexibility index (Phi) is 5.16. The predicted molar refractivity (Wildman–Crippen MR) is 89.7 cm³/mol. The van der Waals surface area contributed by atoms with Crippen molar-refractivity contribution in [3.8, 4) is 5.75 Å². The third kappa shape index (κ3) is 4.47. The van der Waals surface area contributed by atoms with Crippen LogP contribution in [0.3, 0.4) is 0 Å². The fraction of sp³-hybridized carbons (Fsp3) is 0.200. The zero-order chi connectivity index (χ0) is 16.1. The normalized spacial score (nSPS) is 12.2. The monoisotopic (exact) mass is 349 g/mol. The minimum Gasteiger partial charge on any atom is -0.508 e. The number of phenolic OH excluding ortho intramolecular Hbond substituents is 1. The van der Waals surface area contributed by atoms with Crippen LogP contribution in [0.1, 0.15) is 17.4 Å². The van der Waals surface area contributed by atoms with Crippen molar-refractivity contribution in [2.75, 3.05) is 11.1 Å².